The molecule has 21 heavy (non-hydrogen) atoms. The van der Waals surface area contributed by atoms with Crippen molar-refractivity contribution in [2.24, 2.45) is 0 Å². The second kappa shape index (κ2) is 7.33. The van der Waals surface area contributed by atoms with Crippen molar-refractivity contribution in [2.45, 2.75) is 6.61 Å². The Balaban J connectivity index is 2.22. The first kappa shape index (κ1) is 15.7. The van der Waals surface area contributed by atoms with Gasteiger partial charge in [0, 0.05) is 5.56 Å². The van der Waals surface area contributed by atoms with Crippen LogP contribution in [0.3, 0.4) is 0 Å². The summed E-state index contributed by atoms with van der Waals surface area (Å²) >= 11 is 12.0. The summed E-state index contributed by atoms with van der Waals surface area (Å²) in [5.41, 5.74) is 1.08. The lowest BCUT2D eigenvalue weighted by Crippen LogP contribution is -1.99. The van der Waals surface area contributed by atoms with E-state index in [2.05, 4.69) is 11.8 Å². The van der Waals surface area contributed by atoms with Crippen molar-refractivity contribution >= 4 is 23.2 Å². The molecule has 2 rings (SSSR count). The number of hydrogen-bond acceptors (Lipinski definition) is 2. The maximum Gasteiger partial charge on any atom is 0.135 e. The van der Waals surface area contributed by atoms with Crippen molar-refractivity contribution in [3.63, 3.8) is 0 Å². The normalized spacial score (nSPS) is 9.90. The van der Waals surface area contributed by atoms with E-state index in [0.29, 0.717) is 21.4 Å². The summed E-state index contributed by atoms with van der Waals surface area (Å²) in [6.07, 6.45) is 0. The molecule has 0 spiro atoms. The number of halogens is 3. The van der Waals surface area contributed by atoms with E-state index in [4.69, 9.17) is 33.0 Å². The third-order valence-electron chi connectivity index (χ3n) is 2.66. The van der Waals surface area contributed by atoms with Crippen LogP contribution in [0.4, 0.5) is 4.39 Å². The van der Waals surface area contributed by atoms with Crippen LogP contribution in [0.2, 0.25) is 10.0 Å². The number of hydrogen-bond donors (Lipinski definition) is 1. The Labute approximate surface area is 132 Å². The maximum atomic E-state index is 13.2. The fourth-order valence-electron chi connectivity index (χ4n) is 1.68. The van der Waals surface area contributed by atoms with Crippen LogP contribution in [-0.4, -0.2) is 11.7 Å². The van der Waals surface area contributed by atoms with E-state index in [1.807, 2.05) is 0 Å². The van der Waals surface area contributed by atoms with Gasteiger partial charge in [0.15, 0.2) is 0 Å². The van der Waals surface area contributed by atoms with Crippen LogP contribution >= 0.6 is 23.2 Å². The molecule has 0 saturated carbocycles. The van der Waals surface area contributed by atoms with Gasteiger partial charge in [-0.1, -0.05) is 47.2 Å². The topological polar surface area (TPSA) is 29.5 Å². The van der Waals surface area contributed by atoms with Gasteiger partial charge in [-0.25, -0.2) is 4.39 Å². The molecule has 2 aromatic carbocycles. The minimum atomic E-state index is -0.426. The fraction of sp³-hybridized carbons (Fsp3) is 0.125. The number of ether oxygens (including phenoxy) is 1. The van der Waals surface area contributed by atoms with Gasteiger partial charge in [0.1, 0.15) is 24.8 Å². The summed E-state index contributed by atoms with van der Waals surface area (Å²) in [7, 11) is 0. The van der Waals surface area contributed by atoms with Crippen LogP contribution in [0.5, 0.6) is 5.75 Å². The van der Waals surface area contributed by atoms with E-state index in [0.717, 1.165) is 5.56 Å². The van der Waals surface area contributed by atoms with Gasteiger partial charge in [-0.2, -0.15) is 0 Å². The Bertz CT molecular complexity index is 705. The van der Waals surface area contributed by atoms with Gasteiger partial charge in [0.2, 0.25) is 0 Å². The zero-order valence-corrected chi connectivity index (χ0v) is 12.4. The molecular formula is C16H11Cl2FO2. The van der Waals surface area contributed by atoms with Crippen molar-refractivity contribution in [2.75, 3.05) is 6.61 Å². The lowest BCUT2D eigenvalue weighted by atomic mass is 10.2. The van der Waals surface area contributed by atoms with Crippen molar-refractivity contribution in [1.82, 2.24) is 0 Å². The summed E-state index contributed by atoms with van der Waals surface area (Å²) in [6.45, 7) is -0.130. The molecule has 0 aliphatic carbocycles. The van der Waals surface area contributed by atoms with Gasteiger partial charge in [-0.05, 0) is 24.3 Å². The Hall–Kier alpha value is -1.73. The van der Waals surface area contributed by atoms with Crippen molar-refractivity contribution in [3.8, 4) is 17.6 Å². The molecule has 0 aromatic heterocycles. The third kappa shape index (κ3) is 4.12. The van der Waals surface area contributed by atoms with Gasteiger partial charge in [-0.3, -0.25) is 0 Å². The highest BCUT2D eigenvalue weighted by Crippen LogP contribution is 2.27. The van der Waals surface area contributed by atoms with E-state index in [1.54, 1.807) is 18.2 Å². The monoisotopic (exact) mass is 324 g/mol. The Kier molecular flexibility index (Phi) is 5.46. The predicted molar refractivity (Wildman–Crippen MR) is 81.2 cm³/mol. The molecule has 0 saturated heterocycles. The molecule has 5 heteroatoms. The third-order valence-corrected chi connectivity index (χ3v) is 3.52. The number of aliphatic hydroxyl groups excluding tert-OH is 1. The molecule has 0 atom stereocenters. The van der Waals surface area contributed by atoms with E-state index in [9.17, 15) is 4.39 Å². The molecule has 2 aromatic rings. The predicted octanol–water partition coefficient (Wildman–Crippen LogP) is 4.06. The van der Waals surface area contributed by atoms with Crippen molar-refractivity contribution < 1.29 is 14.2 Å². The van der Waals surface area contributed by atoms with E-state index < -0.39 is 5.82 Å². The van der Waals surface area contributed by atoms with Gasteiger partial charge < -0.3 is 9.84 Å². The Morgan fingerprint density at radius 2 is 2.00 bits per heavy atom. The van der Waals surface area contributed by atoms with Gasteiger partial charge >= 0.3 is 0 Å². The van der Waals surface area contributed by atoms with Crippen LogP contribution in [0.15, 0.2) is 36.4 Å². The molecule has 0 amide bonds. The molecular weight excluding hydrogens is 314 g/mol. The first-order chi connectivity index (χ1) is 10.1. The van der Waals surface area contributed by atoms with Crippen LogP contribution in [-0.2, 0) is 6.61 Å². The molecule has 0 fully saturated rings. The van der Waals surface area contributed by atoms with Gasteiger partial charge in [-0.15, -0.1) is 0 Å². The Morgan fingerprint density at radius 1 is 1.19 bits per heavy atom. The molecule has 0 bridgehead atoms. The lowest BCUT2D eigenvalue weighted by Gasteiger charge is -2.10. The Morgan fingerprint density at radius 3 is 2.76 bits per heavy atom. The molecule has 0 radical (unpaired) electrons. The summed E-state index contributed by atoms with van der Waals surface area (Å²) in [4.78, 5) is 0. The first-order valence-electron chi connectivity index (χ1n) is 6.07. The zero-order valence-electron chi connectivity index (χ0n) is 10.9. The standard InChI is InChI=1S/C16H11Cl2FO2/c17-14-5-1-3-12(16(14)18)10-21-15-7-6-13(19)9-11(15)4-2-8-20/h1,3,5-7,9,20H,8,10H2. The molecule has 2 nitrogen and oxygen atoms in total. The average Bonchev–Trinajstić information content (AvgIpc) is 2.48. The lowest BCUT2D eigenvalue weighted by molar-refractivity contribution is 0.305. The number of rotatable bonds is 3. The fourth-order valence-corrected chi connectivity index (χ4v) is 2.05. The van der Waals surface area contributed by atoms with Crippen molar-refractivity contribution in [1.29, 1.82) is 0 Å². The zero-order chi connectivity index (χ0) is 15.2. The van der Waals surface area contributed by atoms with Crippen molar-refractivity contribution in [3.05, 3.63) is 63.4 Å². The molecule has 0 unspecified atom stereocenters. The minimum absolute atomic E-state index is 0.179. The molecule has 0 aliphatic rings. The van der Waals surface area contributed by atoms with Crippen LogP contribution in [0.25, 0.3) is 0 Å². The summed E-state index contributed by atoms with van der Waals surface area (Å²) in [6, 6.07) is 9.25. The highest BCUT2D eigenvalue weighted by atomic mass is 35.5. The van der Waals surface area contributed by atoms with E-state index >= 15 is 0 Å². The number of benzene rings is 2. The smallest absolute Gasteiger partial charge is 0.135 e. The average molecular weight is 325 g/mol. The van der Waals surface area contributed by atoms with Gasteiger partial charge in [0.25, 0.3) is 0 Å². The summed E-state index contributed by atoms with van der Waals surface area (Å²) < 4.78 is 18.8. The molecule has 0 heterocycles. The van der Waals surface area contributed by atoms with Crippen LogP contribution < -0.4 is 4.74 Å². The molecule has 1 N–H and O–H groups in total. The largest absolute Gasteiger partial charge is 0.488 e. The summed E-state index contributed by atoms with van der Waals surface area (Å²) in [5.74, 6) is 5.09. The highest BCUT2D eigenvalue weighted by Gasteiger charge is 2.07. The summed E-state index contributed by atoms with van der Waals surface area (Å²) in [5, 5.41) is 9.58. The van der Waals surface area contributed by atoms with Gasteiger partial charge in [0.05, 0.1) is 15.6 Å². The minimum Gasteiger partial charge on any atom is -0.488 e. The highest BCUT2D eigenvalue weighted by molar-refractivity contribution is 6.42. The second-order valence-electron chi connectivity index (χ2n) is 4.10. The van der Waals surface area contributed by atoms with E-state index in [1.165, 1.54) is 18.2 Å². The quantitative estimate of drug-likeness (QED) is 0.863. The van der Waals surface area contributed by atoms with Crippen LogP contribution in [0, 0.1) is 17.7 Å². The molecule has 0 aliphatic heterocycles. The SMILES string of the molecule is OCC#Cc1cc(F)ccc1OCc1cccc(Cl)c1Cl. The van der Waals surface area contributed by atoms with Crippen LogP contribution in [0.1, 0.15) is 11.1 Å². The van der Waals surface area contributed by atoms with E-state index in [-0.39, 0.29) is 13.2 Å². The molecule has 108 valence electrons. The second-order valence-corrected chi connectivity index (χ2v) is 4.89. The first-order valence-corrected chi connectivity index (χ1v) is 6.82. The number of aliphatic hydroxyl groups is 1. The maximum absolute atomic E-state index is 13.2.